The Hall–Kier alpha value is -2.62. The average Bonchev–Trinajstić information content (AvgIpc) is 2.97. The van der Waals surface area contributed by atoms with E-state index in [0.29, 0.717) is 23.4 Å². The molecule has 0 aromatic heterocycles. The molecule has 3 rings (SSSR count). The van der Waals surface area contributed by atoms with Crippen LogP contribution in [0.15, 0.2) is 42.5 Å². The van der Waals surface area contributed by atoms with E-state index in [-0.39, 0.29) is 11.7 Å². The maximum absolute atomic E-state index is 12.7. The molecular formula is C18H17NO3. The van der Waals surface area contributed by atoms with Gasteiger partial charge >= 0.3 is 0 Å². The molecule has 1 aliphatic heterocycles. The van der Waals surface area contributed by atoms with Crippen molar-refractivity contribution in [2.24, 2.45) is 0 Å². The van der Waals surface area contributed by atoms with Crippen LogP contribution < -0.4 is 9.64 Å². The maximum atomic E-state index is 12.7. The van der Waals surface area contributed by atoms with Gasteiger partial charge in [-0.2, -0.15) is 0 Å². The van der Waals surface area contributed by atoms with E-state index in [1.165, 1.54) is 0 Å². The molecule has 2 aromatic carbocycles. The van der Waals surface area contributed by atoms with E-state index in [2.05, 4.69) is 0 Å². The zero-order valence-electron chi connectivity index (χ0n) is 12.6. The van der Waals surface area contributed by atoms with Crippen LogP contribution in [0.5, 0.6) is 5.75 Å². The van der Waals surface area contributed by atoms with Gasteiger partial charge in [0.2, 0.25) is 0 Å². The quantitative estimate of drug-likeness (QED) is 0.817. The van der Waals surface area contributed by atoms with Crippen LogP contribution in [0.25, 0.3) is 0 Å². The van der Waals surface area contributed by atoms with Crippen LogP contribution in [0.2, 0.25) is 0 Å². The maximum Gasteiger partial charge on any atom is 0.258 e. The molecule has 112 valence electrons. The molecule has 0 unspecified atom stereocenters. The number of ether oxygens (including phenoxy) is 1. The highest BCUT2D eigenvalue weighted by Crippen LogP contribution is 2.30. The van der Waals surface area contributed by atoms with Crippen LogP contribution in [0.4, 0.5) is 5.69 Å². The highest BCUT2D eigenvalue weighted by atomic mass is 16.5. The Labute approximate surface area is 129 Å². The van der Waals surface area contributed by atoms with E-state index >= 15 is 0 Å². The number of hydrogen-bond acceptors (Lipinski definition) is 3. The molecule has 0 fully saturated rings. The second-order valence-electron chi connectivity index (χ2n) is 5.34. The van der Waals surface area contributed by atoms with Crippen LogP contribution in [0.3, 0.4) is 0 Å². The number of carbonyl (C=O) groups is 2. The van der Waals surface area contributed by atoms with Gasteiger partial charge in [0.25, 0.3) is 5.91 Å². The van der Waals surface area contributed by atoms with E-state index in [1.54, 1.807) is 37.1 Å². The SMILES string of the molecule is COc1cccc(C(=O)N2CCc3cc(C(C)=O)ccc32)c1. The molecular weight excluding hydrogens is 278 g/mol. The summed E-state index contributed by atoms with van der Waals surface area (Å²) >= 11 is 0. The molecule has 0 N–H and O–H groups in total. The third-order valence-electron chi connectivity index (χ3n) is 3.94. The van der Waals surface area contributed by atoms with Gasteiger partial charge in [-0.3, -0.25) is 9.59 Å². The van der Waals surface area contributed by atoms with E-state index in [0.717, 1.165) is 17.7 Å². The Morgan fingerprint density at radius 1 is 1.09 bits per heavy atom. The van der Waals surface area contributed by atoms with Crippen LogP contribution in [0.1, 0.15) is 33.2 Å². The molecule has 0 saturated heterocycles. The molecule has 0 spiro atoms. The van der Waals surface area contributed by atoms with Crippen molar-refractivity contribution in [1.29, 1.82) is 0 Å². The number of benzene rings is 2. The first kappa shape index (κ1) is 14.3. The summed E-state index contributed by atoms with van der Waals surface area (Å²) in [4.78, 5) is 25.9. The van der Waals surface area contributed by atoms with Gasteiger partial charge in [-0.25, -0.2) is 0 Å². The number of amides is 1. The van der Waals surface area contributed by atoms with Crippen molar-refractivity contribution in [2.75, 3.05) is 18.6 Å². The molecule has 2 aromatic rings. The Bertz CT molecular complexity index is 752. The van der Waals surface area contributed by atoms with Crippen molar-refractivity contribution in [2.45, 2.75) is 13.3 Å². The number of carbonyl (C=O) groups excluding carboxylic acids is 2. The topological polar surface area (TPSA) is 46.6 Å². The van der Waals surface area contributed by atoms with Gasteiger partial charge < -0.3 is 9.64 Å². The summed E-state index contributed by atoms with van der Waals surface area (Å²) < 4.78 is 5.17. The molecule has 1 aliphatic rings. The van der Waals surface area contributed by atoms with Gasteiger partial charge in [0.15, 0.2) is 5.78 Å². The zero-order valence-corrected chi connectivity index (χ0v) is 12.6. The molecule has 1 heterocycles. The highest BCUT2D eigenvalue weighted by molar-refractivity contribution is 6.08. The lowest BCUT2D eigenvalue weighted by atomic mass is 10.1. The first-order chi connectivity index (χ1) is 10.6. The lowest BCUT2D eigenvalue weighted by Gasteiger charge is -2.18. The fourth-order valence-corrected chi connectivity index (χ4v) is 2.74. The fraction of sp³-hybridized carbons (Fsp3) is 0.222. The molecule has 1 amide bonds. The van der Waals surface area contributed by atoms with Gasteiger partial charge in [0.05, 0.1) is 7.11 Å². The van der Waals surface area contributed by atoms with Crippen LogP contribution in [-0.2, 0) is 6.42 Å². The Morgan fingerprint density at radius 2 is 1.91 bits per heavy atom. The van der Waals surface area contributed by atoms with Crippen molar-refractivity contribution in [3.05, 3.63) is 59.2 Å². The second-order valence-corrected chi connectivity index (χ2v) is 5.34. The molecule has 22 heavy (non-hydrogen) atoms. The summed E-state index contributed by atoms with van der Waals surface area (Å²) in [5.74, 6) is 0.658. The monoisotopic (exact) mass is 295 g/mol. The highest BCUT2D eigenvalue weighted by Gasteiger charge is 2.26. The first-order valence-electron chi connectivity index (χ1n) is 7.20. The van der Waals surface area contributed by atoms with Gasteiger partial charge in [-0.1, -0.05) is 6.07 Å². The summed E-state index contributed by atoms with van der Waals surface area (Å²) in [7, 11) is 1.58. The van der Waals surface area contributed by atoms with Gasteiger partial charge in [-0.15, -0.1) is 0 Å². The van der Waals surface area contributed by atoms with E-state index < -0.39 is 0 Å². The minimum absolute atomic E-state index is 0.0420. The number of hydrogen-bond donors (Lipinski definition) is 0. The lowest BCUT2D eigenvalue weighted by molar-refractivity contribution is 0.0987. The van der Waals surface area contributed by atoms with Crippen molar-refractivity contribution >= 4 is 17.4 Å². The summed E-state index contributed by atoms with van der Waals surface area (Å²) in [6.45, 7) is 2.18. The number of methoxy groups -OCH3 is 1. The molecule has 0 atom stereocenters. The minimum atomic E-state index is -0.0479. The number of ketones is 1. The first-order valence-corrected chi connectivity index (χ1v) is 7.20. The molecule has 0 bridgehead atoms. The predicted molar refractivity (Wildman–Crippen MR) is 84.8 cm³/mol. The summed E-state index contributed by atoms with van der Waals surface area (Å²) in [6, 6.07) is 12.7. The van der Waals surface area contributed by atoms with E-state index in [1.807, 2.05) is 24.3 Å². The summed E-state index contributed by atoms with van der Waals surface area (Å²) in [5.41, 5.74) is 3.22. The predicted octanol–water partition coefficient (Wildman–Crippen LogP) is 3.10. The number of nitrogens with zero attached hydrogens (tertiary/aromatic N) is 1. The lowest BCUT2D eigenvalue weighted by Crippen LogP contribution is -2.28. The smallest absolute Gasteiger partial charge is 0.258 e. The normalized spacial score (nSPS) is 12.9. The third-order valence-corrected chi connectivity index (χ3v) is 3.94. The zero-order chi connectivity index (χ0) is 15.7. The molecule has 0 aliphatic carbocycles. The molecule has 0 radical (unpaired) electrons. The number of fused-ring (bicyclic) bond motifs is 1. The van der Waals surface area contributed by atoms with Crippen molar-refractivity contribution in [1.82, 2.24) is 0 Å². The Kier molecular flexibility index (Phi) is 3.67. The molecule has 4 heteroatoms. The third kappa shape index (κ3) is 2.48. The van der Waals surface area contributed by atoms with Crippen LogP contribution in [-0.4, -0.2) is 25.3 Å². The van der Waals surface area contributed by atoms with Gasteiger partial charge in [0.1, 0.15) is 5.75 Å². The van der Waals surface area contributed by atoms with Gasteiger partial charge in [0, 0.05) is 23.4 Å². The van der Waals surface area contributed by atoms with Crippen molar-refractivity contribution < 1.29 is 14.3 Å². The second kappa shape index (κ2) is 5.64. The van der Waals surface area contributed by atoms with E-state index in [4.69, 9.17) is 4.74 Å². The Balaban J connectivity index is 1.92. The number of Topliss-reactive ketones (excluding diaryl/α,β-unsaturated/α-hetero) is 1. The number of anilines is 1. The Morgan fingerprint density at radius 3 is 2.64 bits per heavy atom. The molecule has 4 nitrogen and oxygen atoms in total. The van der Waals surface area contributed by atoms with Crippen LogP contribution in [0, 0.1) is 0 Å². The number of rotatable bonds is 3. The molecule has 0 saturated carbocycles. The largest absolute Gasteiger partial charge is 0.497 e. The van der Waals surface area contributed by atoms with E-state index in [9.17, 15) is 9.59 Å². The minimum Gasteiger partial charge on any atom is -0.497 e. The average molecular weight is 295 g/mol. The van der Waals surface area contributed by atoms with Crippen molar-refractivity contribution in [3.63, 3.8) is 0 Å². The van der Waals surface area contributed by atoms with Gasteiger partial charge in [-0.05, 0) is 55.3 Å². The van der Waals surface area contributed by atoms with Crippen molar-refractivity contribution in [3.8, 4) is 5.75 Å². The fourth-order valence-electron chi connectivity index (χ4n) is 2.74. The standard InChI is InChI=1S/C18H17NO3/c1-12(20)13-6-7-17-14(10-13)8-9-19(17)18(21)15-4-3-5-16(11-15)22-2/h3-7,10-11H,8-9H2,1-2H3. The summed E-state index contributed by atoms with van der Waals surface area (Å²) in [5, 5.41) is 0. The van der Waals surface area contributed by atoms with Crippen LogP contribution >= 0.6 is 0 Å². The summed E-state index contributed by atoms with van der Waals surface area (Å²) in [6.07, 6.45) is 0.770.